The number of ether oxygens (including phenoxy) is 2. The number of nitrogens with two attached hydrogens (primary N) is 1. The van der Waals surface area contributed by atoms with E-state index in [0.29, 0.717) is 6.54 Å². The lowest BCUT2D eigenvalue weighted by Crippen LogP contribution is -2.45. The normalized spacial score (nSPS) is 25.2. The summed E-state index contributed by atoms with van der Waals surface area (Å²) in [6, 6.07) is 6.49. The SMILES string of the molecule is CC1(C)Cc2cccc(CN3CCOC(CN)C3)c2O1. The Morgan fingerprint density at radius 2 is 2.25 bits per heavy atom. The molecule has 1 aromatic carbocycles. The molecule has 4 nitrogen and oxygen atoms in total. The van der Waals surface area contributed by atoms with Crippen LogP contribution in [0, 0.1) is 0 Å². The van der Waals surface area contributed by atoms with Gasteiger partial charge < -0.3 is 15.2 Å². The fourth-order valence-corrected chi connectivity index (χ4v) is 3.11. The highest BCUT2D eigenvalue weighted by Gasteiger charge is 2.32. The fourth-order valence-electron chi connectivity index (χ4n) is 3.11. The van der Waals surface area contributed by atoms with Crippen molar-refractivity contribution in [2.24, 2.45) is 5.73 Å². The molecule has 0 aliphatic carbocycles. The van der Waals surface area contributed by atoms with Crippen LogP contribution in [-0.2, 0) is 17.7 Å². The topological polar surface area (TPSA) is 47.7 Å². The molecule has 1 fully saturated rings. The van der Waals surface area contributed by atoms with E-state index in [1.807, 2.05) is 0 Å². The molecule has 2 aliphatic heterocycles. The van der Waals surface area contributed by atoms with Gasteiger partial charge in [-0.05, 0) is 19.4 Å². The van der Waals surface area contributed by atoms with Gasteiger partial charge in [-0.15, -0.1) is 0 Å². The van der Waals surface area contributed by atoms with E-state index in [9.17, 15) is 0 Å². The largest absolute Gasteiger partial charge is 0.487 e. The highest BCUT2D eigenvalue weighted by atomic mass is 16.5. The predicted octanol–water partition coefficient (Wildman–Crippen LogP) is 1.56. The van der Waals surface area contributed by atoms with E-state index in [0.717, 1.165) is 38.4 Å². The zero-order valence-electron chi connectivity index (χ0n) is 12.4. The molecule has 0 saturated carbocycles. The highest BCUT2D eigenvalue weighted by molar-refractivity contribution is 5.45. The van der Waals surface area contributed by atoms with Crippen molar-refractivity contribution in [2.75, 3.05) is 26.2 Å². The van der Waals surface area contributed by atoms with Gasteiger partial charge in [-0.25, -0.2) is 0 Å². The Kier molecular flexibility index (Phi) is 3.71. The molecule has 0 aromatic heterocycles. The third kappa shape index (κ3) is 2.82. The van der Waals surface area contributed by atoms with Crippen LogP contribution in [-0.4, -0.2) is 42.8 Å². The van der Waals surface area contributed by atoms with Crippen LogP contribution in [0.4, 0.5) is 0 Å². The molecular weight excluding hydrogens is 252 g/mol. The number of hydrogen-bond donors (Lipinski definition) is 1. The van der Waals surface area contributed by atoms with Gasteiger partial charge in [0.1, 0.15) is 11.4 Å². The Hall–Kier alpha value is -1.10. The Morgan fingerprint density at radius 3 is 3.05 bits per heavy atom. The third-order valence-corrected chi connectivity index (χ3v) is 4.05. The minimum absolute atomic E-state index is 0.0801. The van der Waals surface area contributed by atoms with E-state index >= 15 is 0 Å². The van der Waals surface area contributed by atoms with Crippen molar-refractivity contribution in [2.45, 2.75) is 38.5 Å². The number of benzene rings is 1. The van der Waals surface area contributed by atoms with E-state index in [1.54, 1.807) is 0 Å². The molecule has 0 radical (unpaired) electrons. The fraction of sp³-hybridized carbons (Fsp3) is 0.625. The van der Waals surface area contributed by atoms with E-state index in [2.05, 4.69) is 36.9 Å². The maximum absolute atomic E-state index is 6.14. The van der Waals surface area contributed by atoms with Crippen molar-refractivity contribution < 1.29 is 9.47 Å². The van der Waals surface area contributed by atoms with E-state index in [-0.39, 0.29) is 11.7 Å². The molecule has 110 valence electrons. The van der Waals surface area contributed by atoms with Crippen LogP contribution < -0.4 is 10.5 Å². The van der Waals surface area contributed by atoms with Crippen molar-refractivity contribution in [3.05, 3.63) is 29.3 Å². The van der Waals surface area contributed by atoms with Gasteiger partial charge in [-0.3, -0.25) is 4.90 Å². The molecule has 1 aromatic rings. The summed E-state index contributed by atoms with van der Waals surface area (Å²) in [4.78, 5) is 2.41. The maximum Gasteiger partial charge on any atom is 0.127 e. The third-order valence-electron chi connectivity index (χ3n) is 4.05. The Balaban J connectivity index is 1.74. The van der Waals surface area contributed by atoms with Gasteiger partial charge in [-0.2, -0.15) is 0 Å². The quantitative estimate of drug-likeness (QED) is 0.910. The number of fused-ring (bicyclic) bond motifs is 1. The summed E-state index contributed by atoms with van der Waals surface area (Å²) >= 11 is 0. The van der Waals surface area contributed by atoms with Gasteiger partial charge in [0.25, 0.3) is 0 Å². The molecule has 2 heterocycles. The van der Waals surface area contributed by atoms with Crippen LogP contribution >= 0.6 is 0 Å². The second-order valence-corrected chi connectivity index (χ2v) is 6.41. The molecule has 4 heteroatoms. The molecule has 2 aliphatic rings. The first-order chi connectivity index (χ1) is 9.57. The number of morpholine rings is 1. The molecule has 3 rings (SSSR count). The standard InChI is InChI=1S/C16H24N2O2/c1-16(2)8-12-4-3-5-13(15(12)20-16)10-18-6-7-19-14(9-17)11-18/h3-5,14H,6-11,17H2,1-2H3. The number of hydrogen-bond acceptors (Lipinski definition) is 4. The van der Waals surface area contributed by atoms with Crippen LogP contribution in [0.1, 0.15) is 25.0 Å². The number of nitrogens with zero attached hydrogens (tertiary/aromatic N) is 1. The van der Waals surface area contributed by atoms with Crippen molar-refractivity contribution in [1.29, 1.82) is 0 Å². The van der Waals surface area contributed by atoms with Gasteiger partial charge >= 0.3 is 0 Å². The minimum Gasteiger partial charge on any atom is -0.487 e. The van der Waals surface area contributed by atoms with Crippen LogP contribution in [0.5, 0.6) is 5.75 Å². The summed E-state index contributed by atoms with van der Waals surface area (Å²) in [6.45, 7) is 8.44. The number of rotatable bonds is 3. The van der Waals surface area contributed by atoms with Crippen molar-refractivity contribution in [3.8, 4) is 5.75 Å². The summed E-state index contributed by atoms with van der Waals surface area (Å²) in [5.41, 5.74) is 8.24. The average Bonchev–Trinajstić information content (AvgIpc) is 2.74. The molecular formula is C16H24N2O2. The van der Waals surface area contributed by atoms with Crippen LogP contribution in [0.3, 0.4) is 0 Å². The Bertz CT molecular complexity index is 487. The van der Waals surface area contributed by atoms with Gasteiger partial charge in [0, 0.05) is 38.2 Å². The molecule has 1 saturated heterocycles. The lowest BCUT2D eigenvalue weighted by molar-refractivity contribution is -0.0264. The zero-order valence-corrected chi connectivity index (χ0v) is 12.4. The van der Waals surface area contributed by atoms with E-state index in [4.69, 9.17) is 15.2 Å². The number of para-hydroxylation sites is 1. The van der Waals surface area contributed by atoms with Crippen LogP contribution in [0.2, 0.25) is 0 Å². The molecule has 20 heavy (non-hydrogen) atoms. The minimum atomic E-state index is -0.0801. The van der Waals surface area contributed by atoms with Gasteiger partial charge in [0.05, 0.1) is 12.7 Å². The van der Waals surface area contributed by atoms with Crippen LogP contribution in [0.15, 0.2) is 18.2 Å². The molecule has 2 N–H and O–H groups in total. The van der Waals surface area contributed by atoms with Crippen molar-refractivity contribution in [3.63, 3.8) is 0 Å². The molecule has 1 unspecified atom stereocenters. The monoisotopic (exact) mass is 276 g/mol. The smallest absolute Gasteiger partial charge is 0.127 e. The first-order valence-electron chi connectivity index (χ1n) is 7.41. The Labute approximate surface area is 120 Å². The maximum atomic E-state index is 6.14. The first kappa shape index (κ1) is 13.9. The summed E-state index contributed by atoms with van der Waals surface area (Å²) in [5, 5.41) is 0. The van der Waals surface area contributed by atoms with E-state index in [1.165, 1.54) is 11.1 Å². The second kappa shape index (κ2) is 5.35. The van der Waals surface area contributed by atoms with E-state index < -0.39 is 0 Å². The molecule has 0 amide bonds. The first-order valence-corrected chi connectivity index (χ1v) is 7.41. The van der Waals surface area contributed by atoms with Gasteiger partial charge in [0.2, 0.25) is 0 Å². The summed E-state index contributed by atoms with van der Waals surface area (Å²) in [6.07, 6.45) is 1.16. The average molecular weight is 276 g/mol. The molecule has 0 bridgehead atoms. The lowest BCUT2D eigenvalue weighted by Gasteiger charge is -2.32. The lowest BCUT2D eigenvalue weighted by atomic mass is 10.0. The highest BCUT2D eigenvalue weighted by Crippen LogP contribution is 2.38. The van der Waals surface area contributed by atoms with Crippen molar-refractivity contribution in [1.82, 2.24) is 4.90 Å². The van der Waals surface area contributed by atoms with Crippen molar-refractivity contribution >= 4 is 0 Å². The summed E-state index contributed by atoms with van der Waals surface area (Å²) in [5.74, 6) is 1.09. The summed E-state index contributed by atoms with van der Waals surface area (Å²) < 4.78 is 11.8. The van der Waals surface area contributed by atoms with Gasteiger partial charge in [-0.1, -0.05) is 18.2 Å². The zero-order chi connectivity index (χ0) is 14.2. The second-order valence-electron chi connectivity index (χ2n) is 6.41. The summed E-state index contributed by atoms with van der Waals surface area (Å²) in [7, 11) is 0. The van der Waals surface area contributed by atoms with Crippen LogP contribution in [0.25, 0.3) is 0 Å². The molecule has 0 spiro atoms. The predicted molar refractivity (Wildman–Crippen MR) is 78.9 cm³/mol. The van der Waals surface area contributed by atoms with Gasteiger partial charge in [0.15, 0.2) is 0 Å². The Morgan fingerprint density at radius 1 is 1.40 bits per heavy atom. The molecule has 1 atom stereocenters.